The average molecular weight is 659 g/mol. The highest BCUT2D eigenvalue weighted by atomic mass is 35.5. The fourth-order valence-electron chi connectivity index (χ4n) is 6.63. The minimum absolute atomic E-state index is 0.00839. The topological polar surface area (TPSA) is 124 Å². The molecule has 2 aromatic heterocycles. The van der Waals surface area contributed by atoms with Gasteiger partial charge in [-0.15, -0.1) is 0 Å². The first kappa shape index (κ1) is 34.5. The van der Waals surface area contributed by atoms with Crippen molar-refractivity contribution in [1.82, 2.24) is 19.5 Å². The van der Waals surface area contributed by atoms with Crippen molar-refractivity contribution in [2.75, 3.05) is 7.11 Å². The molecule has 2 spiro atoms. The molecule has 2 aromatic rings. The molecule has 46 heavy (non-hydrogen) atoms. The van der Waals surface area contributed by atoms with Crippen LogP contribution in [0.5, 0.6) is 0 Å². The van der Waals surface area contributed by atoms with Gasteiger partial charge >= 0.3 is 11.9 Å². The van der Waals surface area contributed by atoms with Crippen molar-refractivity contribution in [3.05, 3.63) is 42.1 Å². The van der Waals surface area contributed by atoms with Gasteiger partial charge in [0.25, 0.3) is 0 Å². The van der Waals surface area contributed by atoms with Crippen LogP contribution in [0.1, 0.15) is 87.3 Å². The number of carbonyl (C=O) groups excluding carboxylic acids is 2. The van der Waals surface area contributed by atoms with Gasteiger partial charge in [0, 0.05) is 18.9 Å². The number of imidazole rings is 1. The molecule has 12 heteroatoms. The normalized spacial score (nSPS) is 29.7. The largest absolute Gasteiger partial charge is 0.457 e. The SMILES string of the molecule is C=C1CC2(C1)O[C@@H](OC)[C@H](OC(=O)C(C)(C)C)[C@@H]2C.C=C1CC2(C1)O[C@@H](n1cnc3c(Cl)ncnc31)[C@H](OC(=O)C(C)(C)C)[C@@H]2C. The number of rotatable bonds is 4. The summed E-state index contributed by atoms with van der Waals surface area (Å²) in [6.07, 6.45) is 4.37. The molecule has 11 nitrogen and oxygen atoms in total. The number of methoxy groups -OCH3 is 1. The van der Waals surface area contributed by atoms with Crippen LogP contribution in [-0.2, 0) is 33.3 Å². The smallest absolute Gasteiger partial charge is 0.311 e. The lowest BCUT2D eigenvalue weighted by molar-refractivity contribution is -0.199. The van der Waals surface area contributed by atoms with Crippen molar-refractivity contribution in [2.24, 2.45) is 22.7 Å². The van der Waals surface area contributed by atoms with E-state index in [1.165, 1.54) is 11.9 Å². The Bertz CT molecular complexity index is 1520. The molecule has 4 aliphatic rings. The van der Waals surface area contributed by atoms with Crippen LogP contribution in [0.4, 0.5) is 0 Å². The molecule has 4 heterocycles. The van der Waals surface area contributed by atoms with E-state index < -0.39 is 29.5 Å². The Hall–Kier alpha value is -2.86. The lowest BCUT2D eigenvalue weighted by Gasteiger charge is -2.43. The minimum atomic E-state index is -0.605. The van der Waals surface area contributed by atoms with Gasteiger partial charge in [0.2, 0.25) is 0 Å². The monoisotopic (exact) mass is 658 g/mol. The Kier molecular flexibility index (Phi) is 8.98. The molecule has 6 atom stereocenters. The van der Waals surface area contributed by atoms with Crippen molar-refractivity contribution in [3.8, 4) is 0 Å². The Balaban J connectivity index is 0.000000193. The maximum atomic E-state index is 12.6. The van der Waals surface area contributed by atoms with Crippen LogP contribution in [0.25, 0.3) is 11.2 Å². The minimum Gasteiger partial charge on any atom is -0.457 e. The summed E-state index contributed by atoms with van der Waals surface area (Å²) in [6, 6.07) is 0. The molecule has 0 aromatic carbocycles. The van der Waals surface area contributed by atoms with Gasteiger partial charge in [-0.2, -0.15) is 0 Å². The summed E-state index contributed by atoms with van der Waals surface area (Å²) in [5.41, 5.74) is 1.63. The van der Waals surface area contributed by atoms with Crippen LogP contribution in [0, 0.1) is 22.7 Å². The van der Waals surface area contributed by atoms with E-state index in [1.54, 1.807) is 18.0 Å². The van der Waals surface area contributed by atoms with Crippen LogP contribution in [0.3, 0.4) is 0 Å². The average Bonchev–Trinajstić information content (AvgIpc) is 3.56. The fourth-order valence-corrected chi connectivity index (χ4v) is 6.80. The number of aromatic nitrogens is 4. The molecule has 2 saturated carbocycles. The van der Waals surface area contributed by atoms with Crippen LogP contribution in [-0.4, -0.2) is 68.3 Å². The molecule has 2 aliphatic heterocycles. The van der Waals surface area contributed by atoms with Gasteiger partial charge in [-0.1, -0.05) is 49.8 Å². The van der Waals surface area contributed by atoms with Crippen LogP contribution < -0.4 is 0 Å². The summed E-state index contributed by atoms with van der Waals surface area (Å²) < 4.78 is 31.2. The summed E-state index contributed by atoms with van der Waals surface area (Å²) in [7, 11) is 1.59. The molecule has 4 fully saturated rings. The van der Waals surface area contributed by atoms with Crippen LogP contribution in [0.2, 0.25) is 5.15 Å². The van der Waals surface area contributed by atoms with E-state index in [0.29, 0.717) is 11.2 Å². The predicted molar refractivity (Wildman–Crippen MR) is 172 cm³/mol. The van der Waals surface area contributed by atoms with E-state index in [0.717, 1.165) is 31.3 Å². The summed E-state index contributed by atoms with van der Waals surface area (Å²) in [5.74, 6) is -0.353. The Morgan fingerprint density at radius 2 is 1.37 bits per heavy atom. The third-order valence-electron chi connectivity index (χ3n) is 9.63. The zero-order valence-corrected chi connectivity index (χ0v) is 29.1. The summed E-state index contributed by atoms with van der Waals surface area (Å²) in [6.45, 7) is 23.2. The molecule has 2 saturated heterocycles. The highest BCUT2D eigenvalue weighted by Gasteiger charge is 2.60. The second kappa shape index (κ2) is 12.0. The number of nitrogens with zero attached hydrogens (tertiary/aromatic N) is 4. The molecule has 6 rings (SSSR count). The van der Waals surface area contributed by atoms with Gasteiger partial charge in [-0.3, -0.25) is 14.2 Å². The van der Waals surface area contributed by atoms with E-state index in [-0.39, 0.29) is 46.2 Å². The second-order valence-electron chi connectivity index (χ2n) is 15.4. The number of ether oxygens (including phenoxy) is 5. The first-order valence-corrected chi connectivity index (χ1v) is 16.2. The third-order valence-corrected chi connectivity index (χ3v) is 9.91. The molecule has 252 valence electrons. The van der Waals surface area contributed by atoms with Crippen LogP contribution >= 0.6 is 11.6 Å². The Morgan fingerprint density at radius 3 is 1.87 bits per heavy atom. The molecular formula is C34H47ClN4O7. The standard InChI is InChI=1S/C19H23ClN4O3.C15H24O4/c1-10-6-19(7-10)11(2)13(26-17(25)18(3,4)5)16(27-19)24-9-23-12-14(20)21-8-22-15(12)24;1-9-7-15(8-9)10(2)11(12(17-6)19-15)18-13(16)14(3,4)5/h8-9,11,13,16H,1,6-7H2,2-5H3;10-12H,1,7-8H2,2-6H3/t11-,13+,16+;10-,11+,12+/m00/s1. The van der Waals surface area contributed by atoms with Gasteiger partial charge in [0.15, 0.2) is 35.5 Å². The van der Waals surface area contributed by atoms with Gasteiger partial charge in [0.1, 0.15) is 11.8 Å². The Morgan fingerprint density at radius 1 is 0.870 bits per heavy atom. The number of hydrogen-bond acceptors (Lipinski definition) is 10. The third kappa shape index (κ3) is 6.11. The van der Waals surface area contributed by atoms with E-state index in [2.05, 4.69) is 42.0 Å². The summed E-state index contributed by atoms with van der Waals surface area (Å²) >= 11 is 6.14. The van der Waals surface area contributed by atoms with Gasteiger partial charge in [0.05, 0.1) is 28.4 Å². The zero-order valence-electron chi connectivity index (χ0n) is 28.4. The molecular weight excluding hydrogens is 612 g/mol. The van der Waals surface area contributed by atoms with Crippen molar-refractivity contribution in [1.29, 1.82) is 0 Å². The second-order valence-corrected chi connectivity index (χ2v) is 15.7. The number of esters is 2. The van der Waals surface area contributed by atoms with Crippen LogP contribution in [0.15, 0.2) is 37.0 Å². The van der Waals surface area contributed by atoms with Gasteiger partial charge < -0.3 is 23.7 Å². The van der Waals surface area contributed by atoms with E-state index in [1.807, 2.05) is 41.5 Å². The highest BCUT2D eigenvalue weighted by Crippen LogP contribution is 2.56. The fraction of sp³-hybridized carbons (Fsp3) is 0.676. The number of carbonyl (C=O) groups is 2. The number of fused-ring (bicyclic) bond motifs is 1. The maximum absolute atomic E-state index is 12.6. The first-order valence-electron chi connectivity index (χ1n) is 15.8. The first-order chi connectivity index (χ1) is 21.3. The summed E-state index contributed by atoms with van der Waals surface area (Å²) in [5, 5.41) is 0.278. The van der Waals surface area contributed by atoms with Crippen molar-refractivity contribution < 1.29 is 33.3 Å². The van der Waals surface area contributed by atoms with Gasteiger partial charge in [-0.25, -0.2) is 15.0 Å². The predicted octanol–water partition coefficient (Wildman–Crippen LogP) is 6.36. The van der Waals surface area contributed by atoms with E-state index >= 15 is 0 Å². The molecule has 0 radical (unpaired) electrons. The Labute approximate surface area is 276 Å². The number of halogens is 1. The lowest BCUT2D eigenvalue weighted by Crippen LogP contribution is -2.45. The van der Waals surface area contributed by atoms with Crippen molar-refractivity contribution in [2.45, 2.75) is 117 Å². The molecule has 0 N–H and O–H groups in total. The lowest BCUT2D eigenvalue weighted by atomic mass is 9.69. The van der Waals surface area contributed by atoms with Crippen molar-refractivity contribution >= 4 is 34.7 Å². The van der Waals surface area contributed by atoms with E-state index in [4.69, 9.17) is 35.3 Å². The molecule has 0 bridgehead atoms. The maximum Gasteiger partial charge on any atom is 0.311 e. The number of hydrogen-bond donors (Lipinski definition) is 0. The summed E-state index contributed by atoms with van der Waals surface area (Å²) in [4.78, 5) is 37.3. The molecule has 0 amide bonds. The molecule has 2 aliphatic carbocycles. The zero-order chi connectivity index (χ0) is 34.0. The quantitative estimate of drug-likeness (QED) is 0.208. The van der Waals surface area contributed by atoms with E-state index in [9.17, 15) is 9.59 Å². The molecule has 0 unspecified atom stereocenters. The highest BCUT2D eigenvalue weighted by molar-refractivity contribution is 6.33. The van der Waals surface area contributed by atoms with Crippen molar-refractivity contribution in [3.63, 3.8) is 0 Å². The van der Waals surface area contributed by atoms with Gasteiger partial charge in [-0.05, 0) is 67.2 Å².